The van der Waals surface area contributed by atoms with Crippen molar-refractivity contribution in [2.45, 2.75) is 26.7 Å². The van der Waals surface area contributed by atoms with Gasteiger partial charge in [0, 0.05) is 12.7 Å². The number of esters is 1. The van der Waals surface area contributed by atoms with Gasteiger partial charge in [0.15, 0.2) is 0 Å². The molecule has 0 aromatic carbocycles. The highest BCUT2D eigenvalue weighted by molar-refractivity contribution is 5.89. The number of nitrogens with zero attached hydrogens (tertiary/aromatic N) is 1. The van der Waals surface area contributed by atoms with Crippen molar-refractivity contribution in [3.05, 3.63) is 23.9 Å². The van der Waals surface area contributed by atoms with E-state index in [0.717, 1.165) is 12.4 Å². The van der Waals surface area contributed by atoms with Crippen LogP contribution in [0.5, 0.6) is 0 Å². The number of carbonyl (C=O) groups excluding carboxylic acids is 1. The number of hydrogen-bond donors (Lipinski definition) is 1. The van der Waals surface area contributed by atoms with Gasteiger partial charge >= 0.3 is 5.97 Å². The first-order valence-corrected chi connectivity index (χ1v) is 6.00. The smallest absolute Gasteiger partial charge is 0.339 e. The van der Waals surface area contributed by atoms with E-state index >= 15 is 0 Å². The molecular weight excluding hydrogens is 216 g/mol. The summed E-state index contributed by atoms with van der Waals surface area (Å²) in [5.41, 5.74) is 0.941. The molecule has 0 radical (unpaired) electrons. The van der Waals surface area contributed by atoms with Crippen LogP contribution in [0.1, 0.15) is 37.0 Å². The van der Waals surface area contributed by atoms with E-state index in [-0.39, 0.29) is 5.97 Å². The van der Waals surface area contributed by atoms with E-state index in [0.29, 0.717) is 17.6 Å². The van der Waals surface area contributed by atoms with Gasteiger partial charge in [0.25, 0.3) is 0 Å². The van der Waals surface area contributed by atoms with Crippen LogP contribution in [0.25, 0.3) is 0 Å². The molecule has 4 heteroatoms. The van der Waals surface area contributed by atoms with E-state index in [2.05, 4.69) is 17.2 Å². The average molecular weight is 234 g/mol. The summed E-state index contributed by atoms with van der Waals surface area (Å²) in [6.45, 7) is 5.38. The Labute approximate surface area is 101 Å². The second kappa shape index (κ2) is 4.73. The highest BCUT2D eigenvalue weighted by atomic mass is 16.5. The summed E-state index contributed by atoms with van der Waals surface area (Å²) in [5, 5.41) is 3.28. The molecule has 4 nitrogen and oxygen atoms in total. The Bertz CT molecular complexity index is 396. The lowest BCUT2D eigenvalue weighted by molar-refractivity contribution is 0.0526. The van der Waals surface area contributed by atoms with Gasteiger partial charge in [-0.3, -0.25) is 0 Å². The van der Waals surface area contributed by atoms with Gasteiger partial charge in [0.2, 0.25) is 0 Å². The molecule has 92 valence electrons. The van der Waals surface area contributed by atoms with Crippen molar-refractivity contribution in [3.8, 4) is 0 Å². The van der Waals surface area contributed by atoms with Crippen LogP contribution in [0.2, 0.25) is 0 Å². The van der Waals surface area contributed by atoms with E-state index in [1.807, 2.05) is 6.07 Å². The first kappa shape index (κ1) is 11.9. The maximum atomic E-state index is 11.4. The Hall–Kier alpha value is -1.58. The molecule has 1 aliphatic rings. The molecule has 1 N–H and O–H groups in total. The van der Waals surface area contributed by atoms with Crippen molar-refractivity contribution in [3.63, 3.8) is 0 Å². The highest BCUT2D eigenvalue weighted by Gasteiger charge is 2.36. The lowest BCUT2D eigenvalue weighted by Crippen LogP contribution is -2.13. The van der Waals surface area contributed by atoms with Crippen LogP contribution in [0, 0.1) is 5.41 Å². The van der Waals surface area contributed by atoms with E-state index < -0.39 is 0 Å². The highest BCUT2D eigenvalue weighted by Crippen LogP contribution is 2.44. The summed E-state index contributed by atoms with van der Waals surface area (Å²) >= 11 is 0. The van der Waals surface area contributed by atoms with Crippen molar-refractivity contribution in [2.75, 3.05) is 18.5 Å². The summed E-state index contributed by atoms with van der Waals surface area (Å²) < 4.78 is 4.89. The zero-order valence-electron chi connectivity index (χ0n) is 10.3. The maximum absolute atomic E-state index is 11.4. The van der Waals surface area contributed by atoms with Crippen molar-refractivity contribution >= 4 is 11.8 Å². The second-order valence-electron chi connectivity index (χ2n) is 4.82. The Morgan fingerprint density at radius 2 is 2.29 bits per heavy atom. The fourth-order valence-corrected chi connectivity index (χ4v) is 1.53. The number of carbonyl (C=O) groups is 1. The van der Waals surface area contributed by atoms with Crippen molar-refractivity contribution in [2.24, 2.45) is 5.41 Å². The van der Waals surface area contributed by atoms with E-state index in [1.54, 1.807) is 19.2 Å². The van der Waals surface area contributed by atoms with Gasteiger partial charge in [-0.1, -0.05) is 6.92 Å². The molecule has 1 aromatic heterocycles. The second-order valence-corrected chi connectivity index (χ2v) is 4.82. The molecule has 0 spiro atoms. The molecule has 0 aliphatic heterocycles. The first-order chi connectivity index (χ1) is 8.13. The van der Waals surface area contributed by atoms with E-state index in [1.165, 1.54) is 12.8 Å². The fraction of sp³-hybridized carbons (Fsp3) is 0.538. The molecule has 0 bridgehead atoms. The third-order valence-corrected chi connectivity index (χ3v) is 3.07. The monoisotopic (exact) mass is 234 g/mol. The molecule has 1 saturated carbocycles. The molecular formula is C13H18N2O2. The maximum Gasteiger partial charge on any atom is 0.339 e. The predicted molar refractivity (Wildman–Crippen MR) is 66.0 cm³/mol. The van der Waals surface area contributed by atoms with Gasteiger partial charge in [-0.25, -0.2) is 9.78 Å². The molecule has 0 amide bonds. The minimum atomic E-state index is -0.319. The summed E-state index contributed by atoms with van der Waals surface area (Å²) in [6, 6.07) is 3.56. The van der Waals surface area contributed by atoms with Gasteiger partial charge in [-0.05, 0) is 37.3 Å². The molecule has 1 heterocycles. The number of anilines is 1. The standard InChI is InChI=1S/C13H18N2O2/c1-3-17-12(16)10-4-5-11(14-8-10)15-9-13(2)6-7-13/h4-5,8H,3,6-7,9H2,1-2H3,(H,14,15). The predicted octanol–water partition coefficient (Wildman–Crippen LogP) is 2.47. The Kier molecular flexibility index (Phi) is 3.31. The summed E-state index contributed by atoms with van der Waals surface area (Å²) in [7, 11) is 0. The van der Waals surface area contributed by atoms with Gasteiger partial charge < -0.3 is 10.1 Å². The molecule has 1 aliphatic carbocycles. The van der Waals surface area contributed by atoms with E-state index in [4.69, 9.17) is 4.74 Å². The first-order valence-electron chi connectivity index (χ1n) is 6.00. The van der Waals surface area contributed by atoms with Crippen LogP contribution in [0.3, 0.4) is 0 Å². The molecule has 1 fully saturated rings. The molecule has 0 unspecified atom stereocenters. The Morgan fingerprint density at radius 1 is 1.53 bits per heavy atom. The van der Waals surface area contributed by atoms with Crippen LogP contribution in [-0.4, -0.2) is 24.1 Å². The van der Waals surface area contributed by atoms with Gasteiger partial charge in [0.1, 0.15) is 5.82 Å². The van der Waals surface area contributed by atoms with Crippen LogP contribution in [-0.2, 0) is 4.74 Å². The number of pyridine rings is 1. The van der Waals surface area contributed by atoms with Crippen LogP contribution >= 0.6 is 0 Å². The van der Waals surface area contributed by atoms with Gasteiger partial charge in [-0.2, -0.15) is 0 Å². The van der Waals surface area contributed by atoms with Crippen LogP contribution in [0.15, 0.2) is 18.3 Å². The number of ether oxygens (including phenoxy) is 1. The Balaban J connectivity index is 1.90. The van der Waals surface area contributed by atoms with Gasteiger partial charge in [-0.15, -0.1) is 0 Å². The topological polar surface area (TPSA) is 51.2 Å². The third-order valence-electron chi connectivity index (χ3n) is 3.07. The summed E-state index contributed by atoms with van der Waals surface area (Å²) in [4.78, 5) is 15.6. The summed E-state index contributed by atoms with van der Waals surface area (Å²) in [6.07, 6.45) is 4.11. The number of hydrogen-bond acceptors (Lipinski definition) is 4. The third kappa shape index (κ3) is 3.19. The molecule has 17 heavy (non-hydrogen) atoms. The van der Waals surface area contributed by atoms with E-state index in [9.17, 15) is 4.79 Å². The minimum absolute atomic E-state index is 0.319. The lowest BCUT2D eigenvalue weighted by Gasteiger charge is -2.10. The van der Waals surface area contributed by atoms with Crippen LogP contribution < -0.4 is 5.32 Å². The van der Waals surface area contributed by atoms with Crippen molar-refractivity contribution in [1.82, 2.24) is 4.98 Å². The Morgan fingerprint density at radius 3 is 2.82 bits per heavy atom. The van der Waals surface area contributed by atoms with Crippen molar-refractivity contribution < 1.29 is 9.53 Å². The summed E-state index contributed by atoms with van der Waals surface area (Å²) in [5.74, 6) is 0.492. The number of nitrogens with one attached hydrogen (secondary N) is 1. The van der Waals surface area contributed by atoms with Crippen LogP contribution in [0.4, 0.5) is 5.82 Å². The van der Waals surface area contributed by atoms with Gasteiger partial charge in [0.05, 0.1) is 12.2 Å². The van der Waals surface area contributed by atoms with Crippen molar-refractivity contribution in [1.29, 1.82) is 0 Å². The molecule has 0 saturated heterocycles. The minimum Gasteiger partial charge on any atom is -0.462 e. The number of rotatable bonds is 5. The fourth-order valence-electron chi connectivity index (χ4n) is 1.53. The quantitative estimate of drug-likeness (QED) is 0.795. The zero-order valence-corrected chi connectivity index (χ0v) is 10.3. The lowest BCUT2D eigenvalue weighted by atomic mass is 10.1. The molecule has 1 aromatic rings. The number of aromatic nitrogens is 1. The molecule has 2 rings (SSSR count). The molecule has 0 atom stereocenters. The largest absolute Gasteiger partial charge is 0.462 e. The zero-order chi connectivity index (χ0) is 12.3. The SMILES string of the molecule is CCOC(=O)c1ccc(NCC2(C)CC2)nc1. The normalized spacial score (nSPS) is 16.4. The average Bonchev–Trinajstić information content (AvgIpc) is 3.06.